The van der Waals surface area contributed by atoms with Crippen molar-refractivity contribution in [1.29, 1.82) is 10.5 Å². The van der Waals surface area contributed by atoms with Gasteiger partial charge in [0.1, 0.15) is 17.7 Å². The van der Waals surface area contributed by atoms with Gasteiger partial charge in [-0.25, -0.2) is 0 Å². The van der Waals surface area contributed by atoms with Crippen molar-refractivity contribution in [1.82, 2.24) is 4.90 Å². The minimum Gasteiger partial charge on any atom is -0.360 e. The summed E-state index contributed by atoms with van der Waals surface area (Å²) in [6.07, 6.45) is 1.70. The highest BCUT2D eigenvalue weighted by Crippen LogP contribution is 2.11. The predicted molar refractivity (Wildman–Crippen MR) is 71.8 cm³/mol. The van der Waals surface area contributed by atoms with Gasteiger partial charge >= 0.3 is 0 Å². The van der Waals surface area contributed by atoms with E-state index in [0.29, 0.717) is 6.42 Å². The minimum absolute atomic E-state index is 0.00635. The molecule has 1 amide bonds. The van der Waals surface area contributed by atoms with E-state index in [2.05, 4.69) is 5.32 Å². The molecule has 5 heteroatoms. The molecule has 1 aromatic rings. The molecule has 0 heterocycles. The van der Waals surface area contributed by atoms with Gasteiger partial charge in [-0.05, 0) is 17.7 Å². The maximum Gasteiger partial charge on any atom is 0.226 e. The quantitative estimate of drug-likeness (QED) is 0.829. The normalized spacial score (nSPS) is 8.84. The number of rotatable bonds is 4. The molecule has 96 valence electrons. The SMILES string of the molecule is CN(C)C(=O)Cc1ccc(NC=C(C#N)C#N)cc1. The van der Waals surface area contributed by atoms with Gasteiger partial charge in [-0.2, -0.15) is 10.5 Å². The number of carbonyl (C=O) groups excluding carboxylic acids is 1. The van der Waals surface area contributed by atoms with Gasteiger partial charge < -0.3 is 10.2 Å². The molecule has 5 nitrogen and oxygen atoms in total. The molecular formula is C14H14N4O. The van der Waals surface area contributed by atoms with Gasteiger partial charge in [-0.15, -0.1) is 0 Å². The predicted octanol–water partition coefficient (Wildman–Crippen LogP) is 1.66. The van der Waals surface area contributed by atoms with Gasteiger partial charge in [0.2, 0.25) is 5.91 Å². The second-order valence-corrected chi connectivity index (χ2v) is 4.09. The number of nitrogens with zero attached hydrogens (tertiary/aromatic N) is 3. The molecule has 0 fully saturated rings. The molecule has 1 aromatic carbocycles. The Bertz CT molecular complexity index is 543. The fraction of sp³-hybridized carbons (Fsp3) is 0.214. The Hall–Kier alpha value is -2.79. The first-order valence-electron chi connectivity index (χ1n) is 5.63. The second kappa shape index (κ2) is 6.83. The van der Waals surface area contributed by atoms with Crippen LogP contribution in [0.3, 0.4) is 0 Å². The standard InChI is InChI=1S/C14H14N4O/c1-18(2)14(19)7-11-3-5-13(6-4-11)17-10-12(8-15)9-16/h3-6,10,17H,7H2,1-2H3. The third kappa shape index (κ3) is 4.53. The summed E-state index contributed by atoms with van der Waals surface area (Å²) in [7, 11) is 3.43. The van der Waals surface area contributed by atoms with E-state index in [-0.39, 0.29) is 11.5 Å². The molecule has 0 unspecified atom stereocenters. The van der Waals surface area contributed by atoms with Crippen LogP contribution in [0.1, 0.15) is 5.56 Å². The average Bonchev–Trinajstić information content (AvgIpc) is 2.41. The van der Waals surface area contributed by atoms with E-state index in [1.54, 1.807) is 43.3 Å². The van der Waals surface area contributed by atoms with Crippen molar-refractivity contribution in [2.24, 2.45) is 0 Å². The number of benzene rings is 1. The smallest absolute Gasteiger partial charge is 0.226 e. The summed E-state index contributed by atoms with van der Waals surface area (Å²) in [5.74, 6) is 0.0388. The van der Waals surface area contributed by atoms with Crippen LogP contribution in [0.5, 0.6) is 0 Å². The zero-order valence-corrected chi connectivity index (χ0v) is 10.8. The fourth-order valence-corrected chi connectivity index (χ4v) is 1.30. The molecule has 0 aliphatic rings. The molecule has 0 aliphatic carbocycles. The Kier molecular flexibility index (Phi) is 5.13. The van der Waals surface area contributed by atoms with E-state index >= 15 is 0 Å². The van der Waals surface area contributed by atoms with Gasteiger partial charge in [-0.1, -0.05) is 12.1 Å². The molecule has 19 heavy (non-hydrogen) atoms. The molecule has 0 saturated heterocycles. The van der Waals surface area contributed by atoms with Crippen LogP contribution in [0.4, 0.5) is 5.69 Å². The molecule has 0 bridgehead atoms. The van der Waals surface area contributed by atoms with Gasteiger partial charge in [0.05, 0.1) is 6.42 Å². The van der Waals surface area contributed by atoms with E-state index in [4.69, 9.17) is 10.5 Å². The summed E-state index contributed by atoms with van der Waals surface area (Å²) < 4.78 is 0. The third-order valence-electron chi connectivity index (χ3n) is 2.43. The zero-order valence-electron chi connectivity index (χ0n) is 10.8. The monoisotopic (exact) mass is 254 g/mol. The summed E-state index contributed by atoms with van der Waals surface area (Å²) in [5.41, 5.74) is 1.67. The van der Waals surface area contributed by atoms with Crippen molar-refractivity contribution in [3.63, 3.8) is 0 Å². The van der Waals surface area contributed by atoms with Gasteiger partial charge in [0.15, 0.2) is 0 Å². The van der Waals surface area contributed by atoms with Crippen molar-refractivity contribution in [2.75, 3.05) is 19.4 Å². The fourth-order valence-electron chi connectivity index (χ4n) is 1.30. The van der Waals surface area contributed by atoms with Crippen molar-refractivity contribution < 1.29 is 4.79 Å². The molecule has 1 rings (SSSR count). The van der Waals surface area contributed by atoms with E-state index in [0.717, 1.165) is 11.3 Å². The number of likely N-dealkylation sites (N-methyl/N-ethyl adjacent to an activating group) is 1. The summed E-state index contributed by atoms with van der Waals surface area (Å²) in [5, 5.41) is 20.0. The molecule has 0 spiro atoms. The lowest BCUT2D eigenvalue weighted by molar-refractivity contribution is -0.127. The number of nitrogens with one attached hydrogen (secondary N) is 1. The Morgan fingerprint density at radius 1 is 1.26 bits per heavy atom. The number of carbonyl (C=O) groups is 1. The maximum atomic E-state index is 11.5. The van der Waals surface area contributed by atoms with Crippen LogP contribution in [0.15, 0.2) is 36.0 Å². The summed E-state index contributed by atoms with van der Waals surface area (Å²) in [6, 6.07) is 10.8. The Labute approximate surface area is 112 Å². The molecule has 0 aromatic heterocycles. The van der Waals surface area contributed by atoms with Crippen LogP contribution < -0.4 is 5.32 Å². The van der Waals surface area contributed by atoms with Gasteiger partial charge in [0, 0.05) is 26.0 Å². The number of hydrogen-bond donors (Lipinski definition) is 1. The van der Waals surface area contributed by atoms with E-state index in [1.165, 1.54) is 6.20 Å². The first kappa shape index (κ1) is 14.3. The summed E-state index contributed by atoms with van der Waals surface area (Å²) >= 11 is 0. The Morgan fingerprint density at radius 3 is 2.32 bits per heavy atom. The highest BCUT2D eigenvalue weighted by molar-refractivity contribution is 5.78. The summed E-state index contributed by atoms with van der Waals surface area (Å²) in [4.78, 5) is 13.1. The number of hydrogen-bond acceptors (Lipinski definition) is 4. The Balaban J connectivity index is 2.68. The molecule has 0 saturated carbocycles. The largest absolute Gasteiger partial charge is 0.360 e. The first-order valence-corrected chi connectivity index (χ1v) is 5.63. The number of nitriles is 2. The van der Waals surface area contributed by atoms with Crippen LogP contribution >= 0.6 is 0 Å². The van der Waals surface area contributed by atoms with Crippen LogP contribution in [0.2, 0.25) is 0 Å². The summed E-state index contributed by atoms with van der Waals surface area (Å²) in [6.45, 7) is 0. The van der Waals surface area contributed by atoms with Crippen molar-refractivity contribution in [3.05, 3.63) is 41.6 Å². The highest BCUT2D eigenvalue weighted by atomic mass is 16.2. The topological polar surface area (TPSA) is 79.9 Å². The molecule has 1 N–H and O–H groups in total. The second-order valence-electron chi connectivity index (χ2n) is 4.09. The number of amides is 1. The lowest BCUT2D eigenvalue weighted by Gasteiger charge is -2.10. The Morgan fingerprint density at radius 2 is 1.84 bits per heavy atom. The van der Waals surface area contributed by atoms with E-state index in [1.807, 2.05) is 12.1 Å². The number of anilines is 1. The maximum absolute atomic E-state index is 11.5. The van der Waals surface area contributed by atoms with E-state index < -0.39 is 0 Å². The molecule has 0 aliphatic heterocycles. The zero-order chi connectivity index (χ0) is 14.3. The lowest BCUT2D eigenvalue weighted by Crippen LogP contribution is -2.23. The van der Waals surface area contributed by atoms with Crippen LogP contribution in [0, 0.1) is 22.7 Å². The molecule has 0 atom stereocenters. The van der Waals surface area contributed by atoms with Crippen molar-refractivity contribution >= 4 is 11.6 Å². The minimum atomic E-state index is 0.00635. The first-order chi connectivity index (χ1) is 9.06. The van der Waals surface area contributed by atoms with Crippen LogP contribution in [-0.2, 0) is 11.2 Å². The van der Waals surface area contributed by atoms with Gasteiger partial charge in [-0.3, -0.25) is 4.79 Å². The molecule has 0 radical (unpaired) electrons. The van der Waals surface area contributed by atoms with Crippen LogP contribution in [-0.4, -0.2) is 24.9 Å². The van der Waals surface area contributed by atoms with Gasteiger partial charge in [0.25, 0.3) is 0 Å². The average molecular weight is 254 g/mol. The lowest BCUT2D eigenvalue weighted by atomic mass is 10.1. The van der Waals surface area contributed by atoms with E-state index in [9.17, 15) is 4.79 Å². The third-order valence-corrected chi connectivity index (χ3v) is 2.43. The van der Waals surface area contributed by atoms with Crippen LogP contribution in [0.25, 0.3) is 0 Å². The van der Waals surface area contributed by atoms with Crippen molar-refractivity contribution in [3.8, 4) is 12.1 Å². The van der Waals surface area contributed by atoms with Crippen molar-refractivity contribution in [2.45, 2.75) is 6.42 Å². The molecular weight excluding hydrogens is 240 g/mol. The highest BCUT2D eigenvalue weighted by Gasteiger charge is 2.04. The number of allylic oxidation sites excluding steroid dienone is 1.